The molecule has 0 radical (unpaired) electrons. The van der Waals surface area contributed by atoms with Crippen LogP contribution in [0.2, 0.25) is 0 Å². The molecule has 23 heavy (non-hydrogen) atoms. The number of piperidine rings is 1. The zero-order valence-electron chi connectivity index (χ0n) is 13.9. The number of nitrogens with zero attached hydrogens (tertiary/aromatic N) is 3. The van der Waals surface area contributed by atoms with Crippen molar-refractivity contribution in [2.75, 3.05) is 60.0 Å². The van der Waals surface area contributed by atoms with Crippen LogP contribution in [-0.2, 0) is 19.7 Å². The molecule has 0 aromatic carbocycles. The molecule has 2 heterocycles. The molecule has 1 N–H and O–H groups in total. The summed E-state index contributed by atoms with van der Waals surface area (Å²) in [4.78, 5) is 13.9. The molecule has 8 nitrogen and oxygen atoms in total. The molecule has 2 aliphatic heterocycles. The van der Waals surface area contributed by atoms with E-state index in [0.29, 0.717) is 58.6 Å². The number of methoxy groups -OCH3 is 1. The van der Waals surface area contributed by atoms with Crippen LogP contribution in [0.5, 0.6) is 0 Å². The molecule has 9 heteroatoms. The number of ether oxygens (including phenoxy) is 1. The molecular formula is C14H27N3O5S. The number of aliphatic carboxylic acids is 1. The number of carbonyl (C=O) groups is 1. The molecule has 1 atom stereocenters. The predicted molar refractivity (Wildman–Crippen MR) is 85.4 cm³/mol. The smallest absolute Gasteiger partial charge is 0.311 e. The molecule has 0 aromatic rings. The van der Waals surface area contributed by atoms with E-state index in [4.69, 9.17) is 4.74 Å². The van der Waals surface area contributed by atoms with Crippen molar-refractivity contribution in [3.63, 3.8) is 0 Å². The molecule has 0 spiro atoms. The van der Waals surface area contributed by atoms with Crippen molar-refractivity contribution >= 4 is 16.2 Å². The largest absolute Gasteiger partial charge is 0.481 e. The summed E-state index contributed by atoms with van der Waals surface area (Å²) >= 11 is 0. The van der Waals surface area contributed by atoms with Gasteiger partial charge < -0.3 is 14.7 Å². The van der Waals surface area contributed by atoms with Gasteiger partial charge in [-0.05, 0) is 26.3 Å². The summed E-state index contributed by atoms with van der Waals surface area (Å²) in [5, 5.41) is 9.65. The number of carboxylic acids is 1. The molecular weight excluding hydrogens is 322 g/mol. The minimum Gasteiger partial charge on any atom is -0.481 e. The van der Waals surface area contributed by atoms with E-state index >= 15 is 0 Å². The summed E-state index contributed by atoms with van der Waals surface area (Å²) in [5.41, 5.74) is -1.05. The third kappa shape index (κ3) is 4.03. The fraction of sp³-hybridized carbons (Fsp3) is 0.929. The van der Waals surface area contributed by atoms with Crippen molar-refractivity contribution in [2.24, 2.45) is 5.41 Å². The van der Waals surface area contributed by atoms with Gasteiger partial charge in [0.2, 0.25) is 0 Å². The molecule has 0 aromatic heterocycles. The van der Waals surface area contributed by atoms with Crippen LogP contribution < -0.4 is 0 Å². The third-order valence-corrected chi connectivity index (χ3v) is 6.88. The van der Waals surface area contributed by atoms with Gasteiger partial charge in [0, 0.05) is 53.0 Å². The first-order valence-electron chi connectivity index (χ1n) is 7.98. The topological polar surface area (TPSA) is 90.4 Å². The Kier molecular flexibility index (Phi) is 6.01. The van der Waals surface area contributed by atoms with Crippen molar-refractivity contribution in [1.29, 1.82) is 0 Å². The highest BCUT2D eigenvalue weighted by atomic mass is 32.2. The number of hydrogen-bond donors (Lipinski definition) is 1. The summed E-state index contributed by atoms with van der Waals surface area (Å²) in [6.45, 7) is 3.02. The lowest BCUT2D eigenvalue weighted by atomic mass is 9.78. The Morgan fingerprint density at radius 3 is 2.39 bits per heavy atom. The Morgan fingerprint density at radius 1 is 1.17 bits per heavy atom. The summed E-state index contributed by atoms with van der Waals surface area (Å²) in [7, 11) is -0.114. The lowest BCUT2D eigenvalue weighted by molar-refractivity contribution is -0.152. The van der Waals surface area contributed by atoms with Gasteiger partial charge in [-0.25, -0.2) is 0 Å². The zero-order chi connectivity index (χ0) is 17.1. The fourth-order valence-electron chi connectivity index (χ4n) is 3.25. The first-order chi connectivity index (χ1) is 10.8. The first-order valence-corrected chi connectivity index (χ1v) is 9.38. The maximum atomic E-state index is 12.8. The van der Waals surface area contributed by atoms with Gasteiger partial charge in [-0.2, -0.15) is 17.0 Å². The average molecular weight is 349 g/mol. The van der Waals surface area contributed by atoms with Crippen LogP contribution in [0, 0.1) is 5.41 Å². The minimum absolute atomic E-state index is 0.0281. The van der Waals surface area contributed by atoms with Gasteiger partial charge in [0.25, 0.3) is 10.2 Å². The molecule has 0 amide bonds. The Labute approximate surface area is 138 Å². The molecule has 2 rings (SSSR count). The lowest BCUT2D eigenvalue weighted by Gasteiger charge is -2.42. The third-order valence-electron chi connectivity index (χ3n) is 4.90. The SMILES string of the molecule is COCC[C@]1(C(=O)O)CCCN(S(=O)(=O)N2CCN(C)CC2)C1. The van der Waals surface area contributed by atoms with Crippen LogP contribution in [0.4, 0.5) is 0 Å². The second kappa shape index (κ2) is 7.43. The van der Waals surface area contributed by atoms with E-state index < -0.39 is 21.6 Å². The van der Waals surface area contributed by atoms with E-state index in [-0.39, 0.29) is 6.54 Å². The number of hydrogen-bond acceptors (Lipinski definition) is 5. The molecule has 0 bridgehead atoms. The Bertz CT molecular complexity index is 519. The first kappa shape index (κ1) is 18.6. The van der Waals surface area contributed by atoms with Crippen LogP contribution in [0.3, 0.4) is 0 Å². The van der Waals surface area contributed by atoms with E-state index in [2.05, 4.69) is 4.90 Å². The highest BCUT2D eigenvalue weighted by Crippen LogP contribution is 2.35. The molecule has 134 valence electrons. The summed E-state index contributed by atoms with van der Waals surface area (Å²) < 4.78 is 33.5. The summed E-state index contributed by atoms with van der Waals surface area (Å²) in [6, 6.07) is 0. The summed E-state index contributed by atoms with van der Waals surface area (Å²) in [5.74, 6) is -0.937. The number of rotatable bonds is 6. The van der Waals surface area contributed by atoms with Crippen LogP contribution in [-0.4, -0.2) is 93.0 Å². The molecule has 2 fully saturated rings. The molecule has 2 saturated heterocycles. The molecule has 2 aliphatic rings. The van der Waals surface area contributed by atoms with Crippen molar-refractivity contribution in [2.45, 2.75) is 19.3 Å². The standard InChI is InChI=1S/C14H27N3O5S/c1-15-7-9-16(10-8-15)23(20,21)17-6-3-4-14(12-17,13(18)19)5-11-22-2/h3-12H2,1-2H3,(H,18,19)/t14-/m1/s1. The molecule has 0 unspecified atom stereocenters. The number of piperazine rings is 1. The normalized spacial score (nSPS) is 28.8. The second-order valence-electron chi connectivity index (χ2n) is 6.48. The quantitative estimate of drug-likeness (QED) is 0.707. The van der Waals surface area contributed by atoms with Gasteiger partial charge >= 0.3 is 5.97 Å². The van der Waals surface area contributed by atoms with Gasteiger partial charge in [-0.1, -0.05) is 0 Å². The van der Waals surface area contributed by atoms with Gasteiger partial charge in [-0.3, -0.25) is 4.79 Å². The second-order valence-corrected chi connectivity index (χ2v) is 8.40. The van der Waals surface area contributed by atoms with Gasteiger partial charge in [0.05, 0.1) is 5.41 Å². The molecule has 0 aliphatic carbocycles. The fourth-order valence-corrected chi connectivity index (χ4v) is 4.97. The predicted octanol–water partition coefficient (Wildman–Crippen LogP) is -0.318. The zero-order valence-corrected chi connectivity index (χ0v) is 14.7. The maximum absolute atomic E-state index is 12.8. The number of likely N-dealkylation sites (N-methyl/N-ethyl adjacent to an activating group) is 1. The Balaban J connectivity index is 2.13. The Hall–Kier alpha value is -0.740. The van der Waals surface area contributed by atoms with Crippen molar-refractivity contribution in [3.05, 3.63) is 0 Å². The van der Waals surface area contributed by atoms with Crippen molar-refractivity contribution in [1.82, 2.24) is 13.5 Å². The van der Waals surface area contributed by atoms with Crippen LogP contribution in [0.1, 0.15) is 19.3 Å². The van der Waals surface area contributed by atoms with E-state index in [1.54, 1.807) is 0 Å². The number of carboxylic acid groups (broad SMARTS) is 1. The van der Waals surface area contributed by atoms with Gasteiger partial charge in [0.15, 0.2) is 0 Å². The minimum atomic E-state index is -3.60. The van der Waals surface area contributed by atoms with E-state index in [1.807, 2.05) is 7.05 Å². The van der Waals surface area contributed by atoms with E-state index in [0.717, 1.165) is 0 Å². The van der Waals surface area contributed by atoms with Crippen molar-refractivity contribution in [3.8, 4) is 0 Å². The monoisotopic (exact) mass is 349 g/mol. The molecule has 0 saturated carbocycles. The van der Waals surface area contributed by atoms with Gasteiger partial charge in [0.1, 0.15) is 0 Å². The lowest BCUT2D eigenvalue weighted by Crippen LogP contribution is -2.57. The maximum Gasteiger partial charge on any atom is 0.311 e. The highest BCUT2D eigenvalue weighted by molar-refractivity contribution is 7.86. The Morgan fingerprint density at radius 2 is 1.83 bits per heavy atom. The van der Waals surface area contributed by atoms with Crippen molar-refractivity contribution < 1.29 is 23.1 Å². The van der Waals surface area contributed by atoms with Gasteiger partial charge in [-0.15, -0.1) is 0 Å². The average Bonchev–Trinajstić information content (AvgIpc) is 2.53. The summed E-state index contributed by atoms with van der Waals surface area (Å²) in [6.07, 6.45) is 1.37. The van der Waals surface area contributed by atoms with Crippen LogP contribution in [0.15, 0.2) is 0 Å². The highest BCUT2D eigenvalue weighted by Gasteiger charge is 2.46. The van der Waals surface area contributed by atoms with Crippen LogP contribution >= 0.6 is 0 Å². The van der Waals surface area contributed by atoms with E-state index in [9.17, 15) is 18.3 Å². The van der Waals surface area contributed by atoms with E-state index in [1.165, 1.54) is 15.7 Å². The van der Waals surface area contributed by atoms with Crippen LogP contribution in [0.25, 0.3) is 0 Å².